The van der Waals surface area contributed by atoms with Crippen LogP contribution >= 0.6 is 0 Å². The van der Waals surface area contributed by atoms with Crippen LogP contribution in [0.15, 0.2) is 0 Å². The van der Waals surface area contributed by atoms with Crippen LogP contribution in [0.4, 0.5) is 0 Å². The van der Waals surface area contributed by atoms with Gasteiger partial charge in [-0.2, -0.15) is 5.06 Å². The molecule has 5 heteroatoms. The Morgan fingerprint density at radius 1 is 1.53 bits per heavy atom. The molecule has 1 fully saturated rings. The lowest BCUT2D eigenvalue weighted by Gasteiger charge is -2.35. The van der Waals surface area contributed by atoms with Crippen LogP contribution in [0.5, 0.6) is 0 Å². The minimum atomic E-state index is -0.464. The number of nitrogens with zero attached hydrogens (tertiary/aromatic N) is 1. The average molecular weight is 215 g/mol. The van der Waals surface area contributed by atoms with Gasteiger partial charge in [0, 0.05) is 5.54 Å². The molecule has 5 nitrogen and oxygen atoms in total. The predicted molar refractivity (Wildman–Crippen MR) is 57.4 cm³/mol. The molecule has 1 unspecified atom stereocenters. The van der Waals surface area contributed by atoms with Gasteiger partial charge < -0.3 is 16.3 Å². The second-order valence-electron chi connectivity index (χ2n) is 5.31. The molecule has 1 amide bonds. The van der Waals surface area contributed by atoms with E-state index in [-0.39, 0.29) is 24.0 Å². The summed E-state index contributed by atoms with van der Waals surface area (Å²) in [7, 11) is 0. The normalized spacial score (nSPS) is 29.1. The van der Waals surface area contributed by atoms with Crippen LogP contribution in [0, 0.1) is 0 Å². The fourth-order valence-electron chi connectivity index (χ4n) is 2.24. The molecule has 1 rings (SSSR count). The lowest BCUT2D eigenvalue weighted by atomic mass is 9.94. The van der Waals surface area contributed by atoms with Crippen molar-refractivity contribution in [3.8, 4) is 0 Å². The number of nitrogens with two attached hydrogens (primary N) is 1. The highest BCUT2D eigenvalue weighted by molar-refractivity contribution is 5.78. The van der Waals surface area contributed by atoms with Crippen molar-refractivity contribution in [3.05, 3.63) is 0 Å². The van der Waals surface area contributed by atoms with Crippen molar-refractivity contribution in [2.24, 2.45) is 5.73 Å². The Kier molecular flexibility index (Phi) is 3.09. The van der Waals surface area contributed by atoms with Crippen LogP contribution in [-0.2, 0) is 4.79 Å². The molecule has 4 N–H and O–H groups in total. The molecule has 88 valence electrons. The predicted octanol–water partition coefficient (Wildman–Crippen LogP) is 0.0820. The molecule has 0 aromatic rings. The first-order chi connectivity index (χ1) is 6.71. The van der Waals surface area contributed by atoms with Gasteiger partial charge in [-0.3, -0.25) is 4.79 Å². The summed E-state index contributed by atoms with van der Waals surface area (Å²) in [5.41, 5.74) is 4.47. The Morgan fingerprint density at radius 2 is 2.07 bits per heavy atom. The van der Waals surface area contributed by atoms with Gasteiger partial charge >= 0.3 is 0 Å². The molecule has 15 heavy (non-hydrogen) atoms. The van der Waals surface area contributed by atoms with Crippen molar-refractivity contribution < 1.29 is 10.0 Å². The van der Waals surface area contributed by atoms with Crippen LogP contribution in [0.3, 0.4) is 0 Å². The molecule has 1 aliphatic rings. The third kappa shape index (κ3) is 2.14. The van der Waals surface area contributed by atoms with E-state index >= 15 is 0 Å². The molecule has 0 aromatic carbocycles. The molecule has 0 aromatic heterocycles. The van der Waals surface area contributed by atoms with Gasteiger partial charge in [0.1, 0.15) is 0 Å². The summed E-state index contributed by atoms with van der Waals surface area (Å²) >= 11 is 0. The lowest BCUT2D eigenvalue weighted by molar-refractivity contribution is -0.194. The lowest BCUT2D eigenvalue weighted by Crippen LogP contribution is -2.53. The van der Waals surface area contributed by atoms with Gasteiger partial charge in [-0.25, -0.2) is 0 Å². The number of rotatable bonds is 2. The Hall–Kier alpha value is -0.650. The van der Waals surface area contributed by atoms with E-state index in [1.54, 1.807) is 0 Å². The van der Waals surface area contributed by atoms with Gasteiger partial charge in [0.2, 0.25) is 5.91 Å². The van der Waals surface area contributed by atoms with Gasteiger partial charge in [0.05, 0.1) is 18.1 Å². The third-order valence-corrected chi connectivity index (χ3v) is 3.20. The molecule has 1 saturated heterocycles. The molecule has 1 atom stereocenters. The van der Waals surface area contributed by atoms with E-state index in [0.717, 1.165) is 0 Å². The number of hydroxylamine groups is 2. The zero-order chi connectivity index (χ0) is 11.9. The molecule has 1 heterocycles. The number of carbonyl (C=O) groups is 1. The van der Waals surface area contributed by atoms with E-state index in [1.807, 2.05) is 27.7 Å². The van der Waals surface area contributed by atoms with Crippen molar-refractivity contribution in [1.29, 1.82) is 0 Å². The summed E-state index contributed by atoms with van der Waals surface area (Å²) in [6.45, 7) is 7.69. The maximum atomic E-state index is 11.2. The Bertz CT molecular complexity index is 263. The molecule has 0 radical (unpaired) electrons. The maximum Gasteiger partial charge on any atom is 0.234 e. The number of carbonyl (C=O) groups excluding carboxylic acids is 1. The summed E-state index contributed by atoms with van der Waals surface area (Å²) in [5.74, 6) is -0.181. The summed E-state index contributed by atoms with van der Waals surface area (Å²) in [4.78, 5) is 11.2. The van der Waals surface area contributed by atoms with Gasteiger partial charge in [0.25, 0.3) is 0 Å². The summed E-state index contributed by atoms with van der Waals surface area (Å²) in [6, 6.07) is -0.0754. The minimum absolute atomic E-state index is 0.0154. The monoisotopic (exact) mass is 215 g/mol. The fraction of sp³-hybridized carbons (Fsp3) is 0.900. The van der Waals surface area contributed by atoms with Gasteiger partial charge in [0.15, 0.2) is 0 Å². The molecular weight excluding hydrogens is 194 g/mol. The van der Waals surface area contributed by atoms with Crippen molar-refractivity contribution in [1.82, 2.24) is 10.4 Å². The highest BCUT2D eigenvalue weighted by atomic mass is 16.5. The van der Waals surface area contributed by atoms with Crippen LogP contribution in [-0.4, -0.2) is 39.8 Å². The largest absolute Gasteiger partial charge is 0.350 e. The molecule has 0 aliphatic carbocycles. The van der Waals surface area contributed by atoms with Gasteiger partial charge in [-0.15, -0.1) is 0 Å². The fourth-order valence-corrected chi connectivity index (χ4v) is 2.24. The van der Waals surface area contributed by atoms with E-state index < -0.39 is 5.54 Å². The van der Waals surface area contributed by atoms with Crippen molar-refractivity contribution >= 4 is 5.91 Å². The molecule has 0 spiro atoms. The summed E-state index contributed by atoms with van der Waals surface area (Å²) < 4.78 is 0. The van der Waals surface area contributed by atoms with Crippen LogP contribution in [0.25, 0.3) is 0 Å². The number of hydrogen-bond donors (Lipinski definition) is 3. The standard InChI is InChI=1S/C10H21N3O2/c1-9(2)5-7(12-8(14)6-11)10(3,4)13(9)15/h7,15H,5-6,11H2,1-4H3,(H,12,14). The Labute approximate surface area is 90.6 Å². The first-order valence-electron chi connectivity index (χ1n) is 5.20. The Balaban J connectivity index is 2.80. The minimum Gasteiger partial charge on any atom is -0.350 e. The van der Waals surface area contributed by atoms with Crippen LogP contribution in [0.1, 0.15) is 34.1 Å². The third-order valence-electron chi connectivity index (χ3n) is 3.20. The van der Waals surface area contributed by atoms with E-state index in [9.17, 15) is 10.0 Å². The van der Waals surface area contributed by atoms with Gasteiger partial charge in [-0.1, -0.05) is 0 Å². The molecular formula is C10H21N3O2. The quantitative estimate of drug-likeness (QED) is 0.609. The average Bonchev–Trinajstić information content (AvgIpc) is 2.27. The molecule has 1 aliphatic heterocycles. The Morgan fingerprint density at radius 3 is 2.40 bits per heavy atom. The zero-order valence-electron chi connectivity index (χ0n) is 9.87. The first-order valence-corrected chi connectivity index (χ1v) is 5.20. The molecule has 0 saturated carbocycles. The first kappa shape index (κ1) is 12.4. The number of hydrogen-bond acceptors (Lipinski definition) is 4. The highest BCUT2D eigenvalue weighted by Gasteiger charge is 2.51. The SMILES string of the molecule is CC1(C)CC(NC(=O)CN)C(C)(C)N1O. The van der Waals surface area contributed by atoms with Gasteiger partial charge in [-0.05, 0) is 34.1 Å². The van der Waals surface area contributed by atoms with Crippen molar-refractivity contribution in [3.63, 3.8) is 0 Å². The van der Waals surface area contributed by atoms with E-state index in [2.05, 4.69) is 5.32 Å². The van der Waals surface area contributed by atoms with Crippen LogP contribution in [0.2, 0.25) is 0 Å². The smallest absolute Gasteiger partial charge is 0.234 e. The van der Waals surface area contributed by atoms with Crippen LogP contribution < -0.4 is 11.1 Å². The van der Waals surface area contributed by atoms with E-state index in [0.29, 0.717) is 6.42 Å². The van der Waals surface area contributed by atoms with E-state index in [1.165, 1.54) is 5.06 Å². The van der Waals surface area contributed by atoms with E-state index in [4.69, 9.17) is 5.73 Å². The topological polar surface area (TPSA) is 78.6 Å². The van der Waals surface area contributed by atoms with Crippen molar-refractivity contribution in [2.75, 3.05) is 6.54 Å². The molecule has 0 bridgehead atoms. The number of amides is 1. The second kappa shape index (κ2) is 3.73. The van der Waals surface area contributed by atoms with Crippen molar-refractivity contribution in [2.45, 2.75) is 51.2 Å². The zero-order valence-corrected chi connectivity index (χ0v) is 9.87. The second-order valence-corrected chi connectivity index (χ2v) is 5.31. The number of nitrogens with one attached hydrogen (secondary N) is 1. The maximum absolute atomic E-state index is 11.2. The highest BCUT2D eigenvalue weighted by Crippen LogP contribution is 2.38. The summed E-state index contributed by atoms with van der Waals surface area (Å²) in [5, 5.41) is 14.2. The summed E-state index contributed by atoms with van der Waals surface area (Å²) in [6.07, 6.45) is 0.711.